The number of nitrogens with one attached hydrogen (secondary N) is 2. The summed E-state index contributed by atoms with van der Waals surface area (Å²) in [5.74, 6) is -0.513. The molecule has 0 bridgehead atoms. The highest BCUT2D eigenvalue weighted by Gasteiger charge is 2.35. The summed E-state index contributed by atoms with van der Waals surface area (Å²) < 4.78 is 5.12. The van der Waals surface area contributed by atoms with Crippen molar-refractivity contribution in [3.63, 3.8) is 0 Å². The van der Waals surface area contributed by atoms with E-state index in [1.54, 1.807) is 18.2 Å². The molecule has 3 amide bonds. The van der Waals surface area contributed by atoms with Gasteiger partial charge in [-0.05, 0) is 61.6 Å². The fourth-order valence-corrected chi connectivity index (χ4v) is 3.30. The predicted octanol–water partition coefficient (Wildman–Crippen LogP) is 2.22. The predicted molar refractivity (Wildman–Crippen MR) is 99.0 cm³/mol. The molecular formula is C20H21N3O4. The number of fused-ring (bicyclic) bond motifs is 1. The van der Waals surface area contributed by atoms with Crippen molar-refractivity contribution in [1.29, 1.82) is 0 Å². The van der Waals surface area contributed by atoms with Crippen LogP contribution in [0.3, 0.4) is 0 Å². The first-order valence-corrected chi connectivity index (χ1v) is 9.17. The Morgan fingerprint density at radius 2 is 2.00 bits per heavy atom. The minimum absolute atomic E-state index is 0.154. The summed E-state index contributed by atoms with van der Waals surface area (Å²) >= 11 is 0. The van der Waals surface area contributed by atoms with E-state index in [4.69, 9.17) is 4.42 Å². The molecule has 2 aromatic rings. The summed E-state index contributed by atoms with van der Waals surface area (Å²) in [7, 11) is 0. The van der Waals surface area contributed by atoms with Crippen LogP contribution >= 0.6 is 0 Å². The van der Waals surface area contributed by atoms with Crippen molar-refractivity contribution >= 4 is 29.1 Å². The van der Waals surface area contributed by atoms with Gasteiger partial charge in [0.15, 0.2) is 0 Å². The molecule has 7 nitrogen and oxygen atoms in total. The molecule has 2 heterocycles. The van der Waals surface area contributed by atoms with E-state index in [-0.39, 0.29) is 18.4 Å². The number of carbonyl (C=O) groups excluding carboxylic acids is 3. The molecule has 140 valence electrons. The number of anilines is 2. The van der Waals surface area contributed by atoms with Crippen LogP contribution in [0.25, 0.3) is 0 Å². The Bertz CT molecular complexity index is 871. The van der Waals surface area contributed by atoms with E-state index in [0.29, 0.717) is 11.4 Å². The first-order valence-electron chi connectivity index (χ1n) is 9.17. The molecule has 1 aromatic carbocycles. The molecule has 0 atom stereocenters. The molecule has 1 aromatic heterocycles. The maximum atomic E-state index is 12.4. The summed E-state index contributed by atoms with van der Waals surface area (Å²) in [4.78, 5) is 38.3. The van der Waals surface area contributed by atoms with E-state index < -0.39 is 11.8 Å². The zero-order chi connectivity index (χ0) is 18.8. The lowest BCUT2D eigenvalue weighted by Crippen LogP contribution is -2.37. The first kappa shape index (κ1) is 17.3. The SMILES string of the molecule is O=C(NCc1ccco1)C(=O)Nc1ccc2c(c1)CCCN2C(=O)C1CC1. The Morgan fingerprint density at radius 3 is 2.74 bits per heavy atom. The van der Waals surface area contributed by atoms with Crippen LogP contribution in [-0.2, 0) is 27.3 Å². The second-order valence-electron chi connectivity index (χ2n) is 6.93. The average Bonchev–Trinajstić information content (AvgIpc) is 3.40. The summed E-state index contributed by atoms with van der Waals surface area (Å²) in [6.07, 6.45) is 5.20. The highest BCUT2D eigenvalue weighted by Crippen LogP contribution is 2.36. The van der Waals surface area contributed by atoms with Crippen LogP contribution in [0.1, 0.15) is 30.6 Å². The highest BCUT2D eigenvalue weighted by atomic mass is 16.3. The largest absolute Gasteiger partial charge is 0.467 e. The highest BCUT2D eigenvalue weighted by molar-refractivity contribution is 6.39. The van der Waals surface area contributed by atoms with Crippen molar-refractivity contribution in [2.24, 2.45) is 5.92 Å². The molecule has 1 aliphatic carbocycles. The molecular weight excluding hydrogens is 346 g/mol. The molecule has 27 heavy (non-hydrogen) atoms. The van der Waals surface area contributed by atoms with Crippen molar-refractivity contribution in [3.05, 3.63) is 47.9 Å². The standard InChI is InChI=1S/C20H21N3O4/c24-18(21-12-16-4-2-10-27-16)19(25)22-15-7-8-17-14(11-15)3-1-9-23(17)20(26)13-5-6-13/h2,4,7-8,10-11,13H,1,3,5-6,9,12H2,(H,21,24)(H,22,25). The normalized spacial score (nSPS) is 15.8. The molecule has 2 N–H and O–H groups in total. The Hall–Kier alpha value is -3.09. The van der Waals surface area contributed by atoms with Crippen molar-refractivity contribution in [1.82, 2.24) is 5.32 Å². The van der Waals surface area contributed by atoms with Crippen molar-refractivity contribution < 1.29 is 18.8 Å². The van der Waals surface area contributed by atoms with E-state index in [0.717, 1.165) is 43.5 Å². The van der Waals surface area contributed by atoms with Crippen LogP contribution in [0.5, 0.6) is 0 Å². The molecule has 0 spiro atoms. The topological polar surface area (TPSA) is 91.7 Å². The molecule has 0 unspecified atom stereocenters. The minimum Gasteiger partial charge on any atom is -0.467 e. The van der Waals surface area contributed by atoms with Gasteiger partial charge in [-0.3, -0.25) is 14.4 Å². The number of benzene rings is 1. The summed E-state index contributed by atoms with van der Waals surface area (Å²) in [6.45, 7) is 0.894. The van der Waals surface area contributed by atoms with Gasteiger partial charge in [0.2, 0.25) is 5.91 Å². The van der Waals surface area contributed by atoms with Crippen LogP contribution < -0.4 is 15.5 Å². The quantitative estimate of drug-likeness (QED) is 0.811. The number of rotatable bonds is 4. The fraction of sp³-hybridized carbons (Fsp3) is 0.350. The number of aryl methyl sites for hydroxylation is 1. The summed E-state index contributed by atoms with van der Waals surface area (Å²) in [5, 5.41) is 5.13. The van der Waals surface area contributed by atoms with Gasteiger partial charge in [-0.25, -0.2) is 0 Å². The fourth-order valence-electron chi connectivity index (χ4n) is 3.30. The summed E-state index contributed by atoms with van der Waals surface area (Å²) in [6, 6.07) is 8.86. The maximum absolute atomic E-state index is 12.4. The van der Waals surface area contributed by atoms with Crippen molar-refractivity contribution in [3.8, 4) is 0 Å². The number of hydrogen-bond donors (Lipinski definition) is 2. The average molecular weight is 367 g/mol. The molecule has 4 rings (SSSR count). The van der Waals surface area contributed by atoms with Crippen molar-refractivity contribution in [2.45, 2.75) is 32.2 Å². The van der Waals surface area contributed by atoms with Gasteiger partial charge < -0.3 is 20.0 Å². The molecule has 0 saturated heterocycles. The smallest absolute Gasteiger partial charge is 0.313 e. The Labute approximate surface area is 156 Å². The van der Waals surface area contributed by atoms with E-state index in [9.17, 15) is 14.4 Å². The van der Waals surface area contributed by atoms with Gasteiger partial charge in [0.25, 0.3) is 0 Å². The second-order valence-corrected chi connectivity index (χ2v) is 6.93. The lowest BCUT2D eigenvalue weighted by atomic mass is 10.0. The van der Waals surface area contributed by atoms with Crippen LogP contribution in [-0.4, -0.2) is 24.3 Å². The summed E-state index contributed by atoms with van der Waals surface area (Å²) in [5.41, 5.74) is 2.48. The lowest BCUT2D eigenvalue weighted by molar-refractivity contribution is -0.136. The van der Waals surface area contributed by atoms with E-state index >= 15 is 0 Å². The Kier molecular flexibility index (Phi) is 4.66. The minimum atomic E-state index is -0.733. The molecule has 7 heteroatoms. The second kappa shape index (κ2) is 7.26. The van der Waals surface area contributed by atoms with Crippen LogP contribution in [0.15, 0.2) is 41.0 Å². The zero-order valence-electron chi connectivity index (χ0n) is 14.9. The Morgan fingerprint density at radius 1 is 1.15 bits per heavy atom. The van der Waals surface area contributed by atoms with Gasteiger partial charge in [-0.1, -0.05) is 0 Å². The molecule has 0 radical (unpaired) electrons. The van der Waals surface area contributed by atoms with Gasteiger partial charge in [0, 0.05) is 23.8 Å². The van der Waals surface area contributed by atoms with E-state index in [2.05, 4.69) is 10.6 Å². The zero-order valence-corrected chi connectivity index (χ0v) is 14.9. The third-order valence-corrected chi connectivity index (χ3v) is 4.86. The molecule has 1 aliphatic heterocycles. The van der Waals surface area contributed by atoms with Gasteiger partial charge in [0.05, 0.1) is 12.8 Å². The Balaban J connectivity index is 1.40. The van der Waals surface area contributed by atoms with E-state index in [1.807, 2.05) is 17.0 Å². The van der Waals surface area contributed by atoms with E-state index in [1.165, 1.54) is 6.26 Å². The lowest BCUT2D eigenvalue weighted by Gasteiger charge is -2.30. The molecule has 1 fully saturated rings. The number of hydrogen-bond acceptors (Lipinski definition) is 4. The number of carbonyl (C=O) groups is 3. The van der Waals surface area contributed by atoms with Crippen LogP contribution in [0.4, 0.5) is 11.4 Å². The van der Waals surface area contributed by atoms with Gasteiger partial charge >= 0.3 is 11.8 Å². The number of nitrogens with zero attached hydrogens (tertiary/aromatic N) is 1. The van der Waals surface area contributed by atoms with Crippen molar-refractivity contribution in [2.75, 3.05) is 16.8 Å². The van der Waals surface area contributed by atoms with Crippen LogP contribution in [0.2, 0.25) is 0 Å². The molecule has 2 aliphatic rings. The first-order chi connectivity index (χ1) is 13.1. The van der Waals surface area contributed by atoms with Gasteiger partial charge in [0.1, 0.15) is 5.76 Å². The number of amides is 3. The number of furan rings is 1. The maximum Gasteiger partial charge on any atom is 0.313 e. The van der Waals surface area contributed by atoms with Crippen LogP contribution in [0, 0.1) is 5.92 Å². The van der Waals surface area contributed by atoms with Gasteiger partial charge in [-0.2, -0.15) is 0 Å². The van der Waals surface area contributed by atoms with Gasteiger partial charge in [-0.15, -0.1) is 0 Å². The third-order valence-electron chi connectivity index (χ3n) is 4.86. The monoisotopic (exact) mass is 367 g/mol. The molecule has 1 saturated carbocycles. The third kappa shape index (κ3) is 3.86.